The lowest BCUT2D eigenvalue weighted by molar-refractivity contribution is 0.856. The lowest BCUT2D eigenvalue weighted by Gasteiger charge is -2.04. The van der Waals surface area contributed by atoms with E-state index >= 15 is 0 Å². The molecular weight excluding hydrogens is 186 g/mol. The molecule has 0 saturated heterocycles. The Kier molecular flexibility index (Phi) is 2.56. The van der Waals surface area contributed by atoms with Gasteiger partial charge < -0.3 is 5.73 Å². The van der Waals surface area contributed by atoms with Crippen LogP contribution in [0.15, 0.2) is 30.5 Å². The van der Waals surface area contributed by atoms with Gasteiger partial charge in [-0.05, 0) is 25.5 Å². The van der Waals surface area contributed by atoms with Gasteiger partial charge in [-0.2, -0.15) is 5.10 Å². The summed E-state index contributed by atoms with van der Waals surface area (Å²) >= 11 is 0. The molecule has 0 fully saturated rings. The monoisotopic (exact) mass is 201 g/mol. The van der Waals surface area contributed by atoms with E-state index in [9.17, 15) is 0 Å². The molecule has 0 radical (unpaired) electrons. The van der Waals surface area contributed by atoms with Gasteiger partial charge in [0.05, 0.1) is 11.4 Å². The van der Waals surface area contributed by atoms with Crippen LogP contribution in [-0.4, -0.2) is 9.78 Å². The SMILES string of the molecule is Cc1ccccc1-n1cc(CN)c(C)n1. The van der Waals surface area contributed by atoms with E-state index in [4.69, 9.17) is 5.73 Å². The fourth-order valence-corrected chi connectivity index (χ4v) is 1.64. The van der Waals surface area contributed by atoms with Gasteiger partial charge in [-0.15, -0.1) is 0 Å². The van der Waals surface area contributed by atoms with E-state index in [0.29, 0.717) is 6.54 Å². The highest BCUT2D eigenvalue weighted by molar-refractivity contribution is 5.40. The van der Waals surface area contributed by atoms with E-state index in [-0.39, 0.29) is 0 Å². The van der Waals surface area contributed by atoms with Gasteiger partial charge in [0.25, 0.3) is 0 Å². The maximum atomic E-state index is 5.63. The molecule has 1 aromatic heterocycles. The Morgan fingerprint density at radius 2 is 2.00 bits per heavy atom. The van der Waals surface area contributed by atoms with Crippen LogP contribution in [0.3, 0.4) is 0 Å². The smallest absolute Gasteiger partial charge is 0.0674 e. The topological polar surface area (TPSA) is 43.8 Å². The van der Waals surface area contributed by atoms with Crippen LogP contribution >= 0.6 is 0 Å². The molecule has 0 amide bonds. The van der Waals surface area contributed by atoms with E-state index < -0.39 is 0 Å². The summed E-state index contributed by atoms with van der Waals surface area (Å²) in [5, 5.41) is 4.45. The van der Waals surface area contributed by atoms with E-state index in [1.807, 2.05) is 29.9 Å². The molecule has 1 heterocycles. The van der Waals surface area contributed by atoms with Crippen LogP contribution in [0.2, 0.25) is 0 Å². The lowest BCUT2D eigenvalue weighted by atomic mass is 10.2. The summed E-state index contributed by atoms with van der Waals surface area (Å²) in [7, 11) is 0. The van der Waals surface area contributed by atoms with E-state index in [0.717, 1.165) is 16.9 Å². The van der Waals surface area contributed by atoms with Gasteiger partial charge in [-0.3, -0.25) is 0 Å². The van der Waals surface area contributed by atoms with Crippen molar-refractivity contribution in [3.8, 4) is 5.69 Å². The Bertz CT molecular complexity index is 471. The highest BCUT2D eigenvalue weighted by Crippen LogP contribution is 2.14. The van der Waals surface area contributed by atoms with Crippen molar-refractivity contribution in [2.24, 2.45) is 5.73 Å². The molecule has 0 aliphatic carbocycles. The standard InChI is InChI=1S/C12H15N3/c1-9-5-3-4-6-12(9)15-8-11(7-13)10(2)14-15/h3-6,8H,7,13H2,1-2H3. The Morgan fingerprint density at radius 1 is 1.27 bits per heavy atom. The molecule has 3 heteroatoms. The second-order valence-electron chi connectivity index (χ2n) is 3.67. The highest BCUT2D eigenvalue weighted by Gasteiger charge is 2.05. The summed E-state index contributed by atoms with van der Waals surface area (Å²) in [6, 6.07) is 8.18. The predicted molar refractivity (Wildman–Crippen MR) is 60.9 cm³/mol. The van der Waals surface area contributed by atoms with Crippen molar-refractivity contribution in [3.63, 3.8) is 0 Å². The molecule has 0 atom stereocenters. The number of benzene rings is 1. The minimum absolute atomic E-state index is 0.539. The fourth-order valence-electron chi connectivity index (χ4n) is 1.64. The molecule has 2 N–H and O–H groups in total. The molecule has 3 nitrogen and oxygen atoms in total. The quantitative estimate of drug-likeness (QED) is 0.807. The Hall–Kier alpha value is -1.61. The third-order valence-corrected chi connectivity index (χ3v) is 2.58. The largest absolute Gasteiger partial charge is 0.326 e. The number of aryl methyl sites for hydroxylation is 2. The van der Waals surface area contributed by atoms with E-state index in [1.54, 1.807) is 0 Å². The number of nitrogens with zero attached hydrogens (tertiary/aromatic N) is 2. The number of hydrogen-bond acceptors (Lipinski definition) is 2. The first-order valence-corrected chi connectivity index (χ1v) is 5.03. The van der Waals surface area contributed by atoms with E-state index in [1.165, 1.54) is 5.56 Å². The van der Waals surface area contributed by atoms with Crippen molar-refractivity contribution in [2.75, 3.05) is 0 Å². The fraction of sp³-hybridized carbons (Fsp3) is 0.250. The van der Waals surface area contributed by atoms with Crippen molar-refractivity contribution in [1.82, 2.24) is 9.78 Å². The molecule has 78 valence electrons. The van der Waals surface area contributed by atoms with Gasteiger partial charge in [0.15, 0.2) is 0 Å². The Balaban J connectivity index is 2.50. The first kappa shape index (κ1) is 9.93. The maximum Gasteiger partial charge on any atom is 0.0674 e. The van der Waals surface area contributed by atoms with Crippen molar-refractivity contribution >= 4 is 0 Å². The van der Waals surface area contributed by atoms with Crippen molar-refractivity contribution in [2.45, 2.75) is 20.4 Å². The predicted octanol–water partition coefficient (Wildman–Crippen LogP) is 1.95. The molecule has 0 bridgehead atoms. The number of hydrogen-bond donors (Lipinski definition) is 1. The third kappa shape index (κ3) is 1.78. The van der Waals surface area contributed by atoms with Crippen LogP contribution in [0.5, 0.6) is 0 Å². The first-order valence-electron chi connectivity index (χ1n) is 5.03. The molecule has 0 unspecified atom stereocenters. The van der Waals surface area contributed by atoms with Gasteiger partial charge in [-0.25, -0.2) is 4.68 Å². The Morgan fingerprint density at radius 3 is 2.60 bits per heavy atom. The van der Waals surface area contributed by atoms with Crippen LogP contribution in [0.25, 0.3) is 5.69 Å². The zero-order valence-electron chi connectivity index (χ0n) is 9.07. The third-order valence-electron chi connectivity index (χ3n) is 2.58. The molecule has 0 aliphatic heterocycles. The molecule has 2 rings (SSSR count). The molecule has 15 heavy (non-hydrogen) atoms. The summed E-state index contributed by atoms with van der Waals surface area (Å²) in [6.45, 7) is 4.60. The van der Waals surface area contributed by atoms with E-state index in [2.05, 4.69) is 24.2 Å². The van der Waals surface area contributed by atoms with Gasteiger partial charge >= 0.3 is 0 Å². The summed E-state index contributed by atoms with van der Waals surface area (Å²) in [4.78, 5) is 0. The van der Waals surface area contributed by atoms with Gasteiger partial charge in [0, 0.05) is 18.3 Å². The van der Waals surface area contributed by atoms with Crippen molar-refractivity contribution in [1.29, 1.82) is 0 Å². The molecule has 1 aromatic carbocycles. The minimum Gasteiger partial charge on any atom is -0.326 e. The second-order valence-corrected chi connectivity index (χ2v) is 3.67. The summed E-state index contributed by atoms with van der Waals surface area (Å²) in [6.07, 6.45) is 2.00. The molecule has 2 aromatic rings. The van der Waals surface area contributed by atoms with Crippen LogP contribution in [0.1, 0.15) is 16.8 Å². The number of para-hydroxylation sites is 1. The van der Waals surface area contributed by atoms with Crippen LogP contribution in [0.4, 0.5) is 0 Å². The van der Waals surface area contributed by atoms with Gasteiger partial charge in [-0.1, -0.05) is 18.2 Å². The molecular formula is C12H15N3. The zero-order chi connectivity index (χ0) is 10.8. The molecule has 0 spiro atoms. The summed E-state index contributed by atoms with van der Waals surface area (Å²) in [5.41, 5.74) is 10.0. The molecule has 0 aliphatic rings. The first-order chi connectivity index (χ1) is 7.22. The molecule has 0 saturated carbocycles. The number of nitrogens with two attached hydrogens (primary N) is 1. The summed E-state index contributed by atoms with van der Waals surface area (Å²) < 4.78 is 1.90. The maximum absolute atomic E-state index is 5.63. The van der Waals surface area contributed by atoms with Gasteiger partial charge in [0.1, 0.15) is 0 Å². The zero-order valence-corrected chi connectivity index (χ0v) is 9.07. The normalized spacial score (nSPS) is 10.6. The minimum atomic E-state index is 0.539. The highest BCUT2D eigenvalue weighted by atomic mass is 15.3. The van der Waals surface area contributed by atoms with Crippen LogP contribution < -0.4 is 5.73 Å². The van der Waals surface area contributed by atoms with Crippen molar-refractivity contribution in [3.05, 3.63) is 47.3 Å². The second kappa shape index (κ2) is 3.87. The van der Waals surface area contributed by atoms with Crippen molar-refractivity contribution < 1.29 is 0 Å². The van der Waals surface area contributed by atoms with Gasteiger partial charge in [0.2, 0.25) is 0 Å². The summed E-state index contributed by atoms with van der Waals surface area (Å²) in [5.74, 6) is 0. The Labute approximate surface area is 89.5 Å². The average Bonchev–Trinajstić information content (AvgIpc) is 2.60. The number of aromatic nitrogens is 2. The average molecular weight is 201 g/mol. The van der Waals surface area contributed by atoms with Crippen LogP contribution in [-0.2, 0) is 6.54 Å². The number of rotatable bonds is 2. The van der Waals surface area contributed by atoms with Crippen LogP contribution in [0, 0.1) is 13.8 Å². The lowest BCUT2D eigenvalue weighted by Crippen LogP contribution is -1.97.